The van der Waals surface area contributed by atoms with E-state index < -0.39 is 0 Å². The molecule has 13 heavy (non-hydrogen) atoms. The van der Waals surface area contributed by atoms with E-state index in [1.54, 1.807) is 7.11 Å². The summed E-state index contributed by atoms with van der Waals surface area (Å²) in [6, 6.07) is 6.48. The van der Waals surface area contributed by atoms with Crippen LogP contribution >= 0.6 is 0 Å². The van der Waals surface area contributed by atoms with Gasteiger partial charge in [-0.1, -0.05) is 12.1 Å². The van der Waals surface area contributed by atoms with E-state index in [1.165, 1.54) is 11.1 Å². The minimum atomic E-state index is 0.343. The van der Waals surface area contributed by atoms with Crippen molar-refractivity contribution in [2.24, 2.45) is 5.73 Å². The van der Waals surface area contributed by atoms with Gasteiger partial charge in [-0.15, -0.1) is 0 Å². The fraction of sp³-hybridized carbons (Fsp3) is 0.455. The molecule has 0 bridgehead atoms. The molecule has 0 aliphatic heterocycles. The third kappa shape index (κ3) is 1.42. The first-order valence-corrected chi connectivity index (χ1v) is 4.63. The Kier molecular flexibility index (Phi) is 2.00. The van der Waals surface area contributed by atoms with Crippen molar-refractivity contribution in [3.05, 3.63) is 29.3 Å². The van der Waals surface area contributed by atoms with Gasteiger partial charge in [-0.05, 0) is 25.0 Å². The number of ether oxygens (including phenoxy) is 1. The van der Waals surface area contributed by atoms with E-state index in [-0.39, 0.29) is 0 Å². The lowest BCUT2D eigenvalue weighted by Crippen LogP contribution is -2.03. The predicted molar refractivity (Wildman–Crippen MR) is 53.1 cm³/mol. The van der Waals surface area contributed by atoms with Crippen LogP contribution in [0.15, 0.2) is 18.2 Å². The predicted octanol–water partition coefficient (Wildman–Crippen LogP) is 1.82. The average Bonchev–Trinajstić information content (AvgIpc) is 2.82. The summed E-state index contributed by atoms with van der Waals surface area (Å²) in [5, 5.41) is 0. The van der Waals surface area contributed by atoms with Crippen molar-refractivity contribution in [2.75, 3.05) is 7.11 Å². The Morgan fingerprint density at radius 2 is 2.15 bits per heavy atom. The molecular formula is C11H15NO. The molecule has 0 spiro atoms. The SMILES string of the molecule is COc1cccc(C)c1C1CC1N. The van der Waals surface area contributed by atoms with Crippen molar-refractivity contribution < 1.29 is 4.74 Å². The zero-order valence-electron chi connectivity index (χ0n) is 8.08. The number of methoxy groups -OCH3 is 1. The number of benzene rings is 1. The lowest BCUT2D eigenvalue weighted by Gasteiger charge is -2.10. The third-order valence-corrected chi connectivity index (χ3v) is 2.71. The molecule has 0 saturated heterocycles. The first-order chi connectivity index (χ1) is 6.24. The summed E-state index contributed by atoms with van der Waals surface area (Å²) in [6.07, 6.45) is 1.10. The van der Waals surface area contributed by atoms with Gasteiger partial charge in [0.15, 0.2) is 0 Å². The Morgan fingerprint density at radius 1 is 1.46 bits per heavy atom. The molecule has 0 amide bonds. The number of aryl methyl sites for hydroxylation is 1. The second-order valence-corrected chi connectivity index (χ2v) is 3.70. The van der Waals surface area contributed by atoms with Crippen LogP contribution in [0.25, 0.3) is 0 Å². The molecule has 2 atom stereocenters. The molecular weight excluding hydrogens is 162 g/mol. The summed E-state index contributed by atoms with van der Waals surface area (Å²) in [4.78, 5) is 0. The van der Waals surface area contributed by atoms with E-state index in [0.29, 0.717) is 12.0 Å². The summed E-state index contributed by atoms with van der Waals surface area (Å²) < 4.78 is 5.32. The first kappa shape index (κ1) is 8.57. The third-order valence-electron chi connectivity index (χ3n) is 2.71. The molecule has 2 heteroatoms. The molecule has 1 aliphatic rings. The highest BCUT2D eigenvalue weighted by Crippen LogP contribution is 2.44. The molecule has 0 heterocycles. The van der Waals surface area contributed by atoms with Gasteiger partial charge in [-0.2, -0.15) is 0 Å². The second-order valence-electron chi connectivity index (χ2n) is 3.70. The number of rotatable bonds is 2. The minimum Gasteiger partial charge on any atom is -0.496 e. The van der Waals surface area contributed by atoms with Crippen LogP contribution in [0.5, 0.6) is 5.75 Å². The molecule has 0 aromatic heterocycles. The summed E-state index contributed by atoms with van der Waals surface area (Å²) in [7, 11) is 1.71. The normalized spacial score (nSPS) is 25.8. The molecule has 70 valence electrons. The molecule has 1 saturated carbocycles. The fourth-order valence-corrected chi connectivity index (χ4v) is 1.85. The molecule has 2 unspecified atom stereocenters. The summed E-state index contributed by atoms with van der Waals surface area (Å²) >= 11 is 0. The second kappa shape index (κ2) is 3.04. The van der Waals surface area contributed by atoms with E-state index in [1.807, 2.05) is 12.1 Å². The highest BCUT2D eigenvalue weighted by atomic mass is 16.5. The topological polar surface area (TPSA) is 35.2 Å². The largest absolute Gasteiger partial charge is 0.496 e. The zero-order valence-corrected chi connectivity index (χ0v) is 8.08. The molecule has 0 radical (unpaired) electrons. The Balaban J connectivity index is 2.41. The highest BCUT2D eigenvalue weighted by Gasteiger charge is 2.37. The molecule has 1 aromatic carbocycles. The quantitative estimate of drug-likeness (QED) is 0.747. The van der Waals surface area contributed by atoms with Crippen molar-refractivity contribution in [1.82, 2.24) is 0 Å². The van der Waals surface area contributed by atoms with Gasteiger partial charge < -0.3 is 10.5 Å². The van der Waals surface area contributed by atoms with Crippen LogP contribution in [-0.4, -0.2) is 13.2 Å². The van der Waals surface area contributed by atoms with Crippen molar-refractivity contribution in [2.45, 2.75) is 25.3 Å². The lowest BCUT2D eigenvalue weighted by molar-refractivity contribution is 0.409. The van der Waals surface area contributed by atoms with Crippen molar-refractivity contribution in [1.29, 1.82) is 0 Å². The Morgan fingerprint density at radius 3 is 2.69 bits per heavy atom. The van der Waals surface area contributed by atoms with Crippen LogP contribution in [0.4, 0.5) is 0 Å². The molecule has 1 fully saturated rings. The Labute approximate surface area is 78.7 Å². The van der Waals surface area contributed by atoms with Gasteiger partial charge in [-0.25, -0.2) is 0 Å². The van der Waals surface area contributed by atoms with Gasteiger partial charge in [0.1, 0.15) is 5.75 Å². The van der Waals surface area contributed by atoms with Gasteiger partial charge in [0.05, 0.1) is 7.11 Å². The number of hydrogen-bond acceptors (Lipinski definition) is 2. The monoisotopic (exact) mass is 177 g/mol. The van der Waals surface area contributed by atoms with Gasteiger partial charge in [0, 0.05) is 17.5 Å². The summed E-state index contributed by atoms with van der Waals surface area (Å²) in [5.74, 6) is 1.51. The summed E-state index contributed by atoms with van der Waals surface area (Å²) in [5.41, 5.74) is 8.43. The van der Waals surface area contributed by atoms with E-state index in [9.17, 15) is 0 Å². The zero-order chi connectivity index (χ0) is 9.42. The number of nitrogens with two attached hydrogens (primary N) is 1. The fourth-order valence-electron chi connectivity index (χ4n) is 1.85. The van der Waals surface area contributed by atoms with Gasteiger partial charge >= 0.3 is 0 Å². The van der Waals surface area contributed by atoms with Crippen molar-refractivity contribution >= 4 is 0 Å². The first-order valence-electron chi connectivity index (χ1n) is 4.63. The van der Waals surface area contributed by atoms with Crippen LogP contribution in [0.3, 0.4) is 0 Å². The molecule has 2 rings (SSSR count). The van der Waals surface area contributed by atoms with E-state index in [0.717, 1.165) is 12.2 Å². The highest BCUT2D eigenvalue weighted by molar-refractivity contribution is 5.45. The molecule has 2 nitrogen and oxygen atoms in total. The van der Waals surface area contributed by atoms with Crippen LogP contribution in [-0.2, 0) is 0 Å². The van der Waals surface area contributed by atoms with E-state index >= 15 is 0 Å². The standard InChI is InChI=1S/C11H15NO/c1-7-4-3-5-10(13-2)11(7)8-6-9(8)12/h3-5,8-9H,6,12H2,1-2H3. The van der Waals surface area contributed by atoms with E-state index in [2.05, 4.69) is 13.0 Å². The molecule has 2 N–H and O–H groups in total. The van der Waals surface area contributed by atoms with Crippen LogP contribution < -0.4 is 10.5 Å². The molecule has 1 aliphatic carbocycles. The van der Waals surface area contributed by atoms with E-state index in [4.69, 9.17) is 10.5 Å². The van der Waals surface area contributed by atoms with Crippen molar-refractivity contribution in [3.8, 4) is 5.75 Å². The molecule has 1 aromatic rings. The maximum absolute atomic E-state index is 5.84. The maximum Gasteiger partial charge on any atom is 0.122 e. The van der Waals surface area contributed by atoms with Crippen LogP contribution in [0.1, 0.15) is 23.5 Å². The summed E-state index contributed by atoms with van der Waals surface area (Å²) in [6.45, 7) is 2.11. The van der Waals surface area contributed by atoms with Crippen molar-refractivity contribution in [3.63, 3.8) is 0 Å². The van der Waals surface area contributed by atoms with Gasteiger partial charge in [-0.3, -0.25) is 0 Å². The average molecular weight is 177 g/mol. The Bertz CT molecular complexity index is 322. The minimum absolute atomic E-state index is 0.343. The lowest BCUT2D eigenvalue weighted by atomic mass is 10.0. The Hall–Kier alpha value is -1.02. The maximum atomic E-state index is 5.84. The van der Waals surface area contributed by atoms with Gasteiger partial charge in [0.25, 0.3) is 0 Å². The number of hydrogen-bond donors (Lipinski definition) is 1. The van der Waals surface area contributed by atoms with Crippen LogP contribution in [0, 0.1) is 6.92 Å². The van der Waals surface area contributed by atoms with Crippen LogP contribution in [0.2, 0.25) is 0 Å². The smallest absolute Gasteiger partial charge is 0.122 e. The van der Waals surface area contributed by atoms with Gasteiger partial charge in [0.2, 0.25) is 0 Å².